The number of aromatic nitrogens is 4. The predicted molar refractivity (Wildman–Crippen MR) is 78.9 cm³/mol. The van der Waals surface area contributed by atoms with E-state index in [2.05, 4.69) is 43.8 Å². The second kappa shape index (κ2) is 4.59. The van der Waals surface area contributed by atoms with E-state index in [9.17, 15) is 0 Å². The molecule has 1 saturated heterocycles. The van der Waals surface area contributed by atoms with Crippen LogP contribution in [0, 0.1) is 6.92 Å². The van der Waals surface area contributed by atoms with E-state index in [1.165, 1.54) is 31.4 Å². The van der Waals surface area contributed by atoms with Crippen molar-refractivity contribution < 1.29 is 0 Å². The van der Waals surface area contributed by atoms with Gasteiger partial charge >= 0.3 is 0 Å². The number of rotatable bonds is 3. The molecule has 1 aromatic carbocycles. The monoisotopic (exact) mass is 269 g/mol. The third kappa shape index (κ3) is 1.81. The van der Waals surface area contributed by atoms with Gasteiger partial charge < -0.3 is 9.47 Å². The standard InChI is InChI=1S/C15H19N5/c1-12-16-15-19(11-10-18-8-4-5-9-18)13-6-2-3-7-14(13)20(15)17-12/h2-3,6-7H,4-5,8-11H2,1H3. The zero-order chi connectivity index (χ0) is 13.5. The first kappa shape index (κ1) is 11.9. The maximum absolute atomic E-state index is 4.59. The molecule has 0 saturated carbocycles. The lowest BCUT2D eigenvalue weighted by Gasteiger charge is -2.15. The SMILES string of the molecule is Cc1nc2n(CCN3CCCC3)c3ccccc3n2n1. The Morgan fingerprint density at radius 1 is 1.05 bits per heavy atom. The lowest BCUT2D eigenvalue weighted by Crippen LogP contribution is -2.24. The number of hydrogen-bond donors (Lipinski definition) is 0. The maximum Gasteiger partial charge on any atom is 0.233 e. The number of aryl methyl sites for hydroxylation is 1. The van der Waals surface area contributed by atoms with Crippen molar-refractivity contribution in [2.24, 2.45) is 0 Å². The average molecular weight is 269 g/mol. The third-order valence-corrected chi connectivity index (χ3v) is 4.18. The Labute approximate surface area is 117 Å². The smallest absolute Gasteiger partial charge is 0.233 e. The van der Waals surface area contributed by atoms with E-state index < -0.39 is 0 Å². The Morgan fingerprint density at radius 2 is 1.80 bits per heavy atom. The van der Waals surface area contributed by atoms with E-state index >= 15 is 0 Å². The van der Waals surface area contributed by atoms with Gasteiger partial charge in [-0.15, -0.1) is 5.10 Å². The van der Waals surface area contributed by atoms with Crippen LogP contribution in [0.25, 0.3) is 16.8 Å². The summed E-state index contributed by atoms with van der Waals surface area (Å²) in [5, 5.41) is 4.51. The van der Waals surface area contributed by atoms with Crippen molar-refractivity contribution in [1.29, 1.82) is 0 Å². The van der Waals surface area contributed by atoms with E-state index in [4.69, 9.17) is 0 Å². The fourth-order valence-corrected chi connectivity index (χ4v) is 3.19. The maximum atomic E-state index is 4.59. The van der Waals surface area contributed by atoms with Crippen LogP contribution in [-0.4, -0.2) is 43.7 Å². The molecule has 0 bridgehead atoms. The van der Waals surface area contributed by atoms with Crippen molar-refractivity contribution in [1.82, 2.24) is 24.1 Å². The zero-order valence-corrected chi connectivity index (χ0v) is 11.8. The minimum absolute atomic E-state index is 0.834. The molecule has 5 nitrogen and oxygen atoms in total. The number of nitrogens with zero attached hydrogens (tertiary/aromatic N) is 5. The minimum atomic E-state index is 0.834. The minimum Gasteiger partial charge on any atom is -0.307 e. The van der Waals surface area contributed by atoms with E-state index in [-0.39, 0.29) is 0 Å². The van der Waals surface area contributed by atoms with Crippen LogP contribution < -0.4 is 0 Å². The highest BCUT2D eigenvalue weighted by Gasteiger charge is 2.16. The third-order valence-electron chi connectivity index (χ3n) is 4.18. The highest BCUT2D eigenvalue weighted by molar-refractivity contribution is 5.80. The number of para-hydroxylation sites is 2. The summed E-state index contributed by atoms with van der Waals surface area (Å²) in [5.74, 6) is 1.79. The lowest BCUT2D eigenvalue weighted by atomic mass is 10.3. The van der Waals surface area contributed by atoms with Crippen LogP contribution in [0.2, 0.25) is 0 Å². The normalized spacial score (nSPS) is 16.6. The summed E-state index contributed by atoms with van der Waals surface area (Å²) in [5.41, 5.74) is 2.37. The van der Waals surface area contributed by atoms with E-state index in [0.29, 0.717) is 0 Å². The summed E-state index contributed by atoms with van der Waals surface area (Å²) in [6, 6.07) is 8.42. The summed E-state index contributed by atoms with van der Waals surface area (Å²) in [7, 11) is 0. The molecule has 0 amide bonds. The molecule has 3 heterocycles. The number of likely N-dealkylation sites (tertiary alicyclic amines) is 1. The molecule has 0 unspecified atom stereocenters. The average Bonchev–Trinajstić information content (AvgIpc) is 3.13. The molecule has 0 atom stereocenters. The summed E-state index contributed by atoms with van der Waals surface area (Å²) >= 11 is 0. The van der Waals surface area contributed by atoms with Crippen LogP contribution in [-0.2, 0) is 6.54 Å². The highest BCUT2D eigenvalue weighted by Crippen LogP contribution is 2.20. The molecule has 4 rings (SSSR count). The first-order valence-electron chi connectivity index (χ1n) is 7.36. The molecule has 1 fully saturated rings. The van der Waals surface area contributed by atoms with Crippen LogP contribution in [0.3, 0.4) is 0 Å². The van der Waals surface area contributed by atoms with Gasteiger partial charge in [-0.3, -0.25) is 0 Å². The molecule has 5 heteroatoms. The first-order chi connectivity index (χ1) is 9.83. The van der Waals surface area contributed by atoms with Crippen molar-refractivity contribution in [2.45, 2.75) is 26.3 Å². The topological polar surface area (TPSA) is 38.4 Å². The van der Waals surface area contributed by atoms with Gasteiger partial charge in [-0.25, -0.2) is 0 Å². The van der Waals surface area contributed by atoms with Gasteiger partial charge in [0.2, 0.25) is 5.78 Å². The Hall–Kier alpha value is -1.88. The highest BCUT2D eigenvalue weighted by atomic mass is 15.4. The summed E-state index contributed by atoms with van der Waals surface area (Å²) in [4.78, 5) is 7.13. The largest absolute Gasteiger partial charge is 0.307 e. The van der Waals surface area contributed by atoms with Gasteiger partial charge in [-0.1, -0.05) is 12.1 Å². The van der Waals surface area contributed by atoms with Crippen LogP contribution in [0.15, 0.2) is 24.3 Å². The van der Waals surface area contributed by atoms with Crippen molar-refractivity contribution in [3.05, 3.63) is 30.1 Å². The van der Waals surface area contributed by atoms with Gasteiger partial charge in [-0.2, -0.15) is 9.50 Å². The van der Waals surface area contributed by atoms with Crippen LogP contribution in [0.5, 0.6) is 0 Å². The molecule has 0 N–H and O–H groups in total. The molecule has 0 spiro atoms. The van der Waals surface area contributed by atoms with Crippen molar-refractivity contribution in [3.63, 3.8) is 0 Å². The van der Waals surface area contributed by atoms with Gasteiger partial charge in [0.25, 0.3) is 0 Å². The summed E-state index contributed by atoms with van der Waals surface area (Å²) < 4.78 is 4.27. The number of imidazole rings is 1. The Balaban J connectivity index is 1.77. The molecule has 1 aliphatic heterocycles. The molecular formula is C15H19N5. The fourth-order valence-electron chi connectivity index (χ4n) is 3.19. The summed E-state index contributed by atoms with van der Waals surface area (Å²) in [6.07, 6.45) is 2.68. The van der Waals surface area contributed by atoms with Crippen molar-refractivity contribution in [3.8, 4) is 0 Å². The van der Waals surface area contributed by atoms with Gasteiger partial charge in [-0.05, 0) is 45.0 Å². The molecule has 1 aliphatic rings. The number of benzene rings is 1. The molecule has 0 radical (unpaired) electrons. The number of hydrogen-bond acceptors (Lipinski definition) is 3. The molecule has 104 valence electrons. The van der Waals surface area contributed by atoms with E-state index in [0.717, 1.165) is 30.2 Å². The van der Waals surface area contributed by atoms with Gasteiger partial charge in [0.15, 0.2) is 0 Å². The van der Waals surface area contributed by atoms with Gasteiger partial charge in [0.1, 0.15) is 5.82 Å². The molecule has 3 aromatic rings. The second-order valence-corrected chi connectivity index (χ2v) is 5.56. The Kier molecular flexibility index (Phi) is 2.73. The van der Waals surface area contributed by atoms with Crippen molar-refractivity contribution in [2.75, 3.05) is 19.6 Å². The number of fused-ring (bicyclic) bond motifs is 3. The molecule has 0 aliphatic carbocycles. The van der Waals surface area contributed by atoms with E-state index in [1.807, 2.05) is 11.4 Å². The van der Waals surface area contributed by atoms with E-state index in [1.54, 1.807) is 0 Å². The zero-order valence-electron chi connectivity index (χ0n) is 11.8. The Bertz CT molecular complexity index is 748. The summed E-state index contributed by atoms with van der Waals surface area (Å²) in [6.45, 7) is 6.50. The lowest BCUT2D eigenvalue weighted by molar-refractivity contribution is 0.325. The van der Waals surface area contributed by atoms with Gasteiger partial charge in [0, 0.05) is 13.1 Å². The van der Waals surface area contributed by atoms with Crippen LogP contribution in [0.1, 0.15) is 18.7 Å². The molecule has 20 heavy (non-hydrogen) atoms. The van der Waals surface area contributed by atoms with Crippen LogP contribution in [0.4, 0.5) is 0 Å². The fraction of sp³-hybridized carbons (Fsp3) is 0.467. The Morgan fingerprint density at radius 3 is 2.60 bits per heavy atom. The first-order valence-corrected chi connectivity index (χ1v) is 7.36. The van der Waals surface area contributed by atoms with Gasteiger partial charge in [0.05, 0.1) is 11.0 Å². The second-order valence-electron chi connectivity index (χ2n) is 5.56. The predicted octanol–water partition coefficient (Wildman–Crippen LogP) is 2.09. The quantitative estimate of drug-likeness (QED) is 0.731. The molecule has 2 aromatic heterocycles. The molecular weight excluding hydrogens is 250 g/mol. The van der Waals surface area contributed by atoms with Crippen LogP contribution >= 0.6 is 0 Å². The van der Waals surface area contributed by atoms with Crippen molar-refractivity contribution >= 4 is 16.8 Å².